The summed E-state index contributed by atoms with van der Waals surface area (Å²) in [5, 5.41) is 21.1. The van der Waals surface area contributed by atoms with Crippen molar-refractivity contribution in [3.05, 3.63) is 95.3 Å². The summed E-state index contributed by atoms with van der Waals surface area (Å²) in [7, 11) is 0. The van der Waals surface area contributed by atoms with Crippen molar-refractivity contribution in [1.29, 1.82) is 0 Å². The molecule has 0 saturated heterocycles. The number of hydrogen-bond acceptors (Lipinski definition) is 2. The number of aryl methyl sites for hydroxylation is 1. The third-order valence-electron chi connectivity index (χ3n) is 5.81. The minimum Gasteiger partial charge on any atom is -0.478 e. The van der Waals surface area contributed by atoms with E-state index in [2.05, 4.69) is 0 Å². The molecule has 0 heterocycles. The first-order valence-corrected chi connectivity index (χ1v) is 10.5. The molecule has 0 saturated carbocycles. The predicted octanol–water partition coefficient (Wildman–Crippen LogP) is 6.87. The number of aromatic carboxylic acids is 1. The summed E-state index contributed by atoms with van der Waals surface area (Å²) in [6, 6.07) is 19.4. The molecule has 4 rings (SSSR count). The van der Waals surface area contributed by atoms with Crippen LogP contribution in [0.3, 0.4) is 0 Å². The molecule has 0 aliphatic heterocycles. The zero-order valence-electron chi connectivity index (χ0n) is 17.7. The van der Waals surface area contributed by atoms with Crippen LogP contribution in [0.15, 0.2) is 72.8 Å². The number of aliphatic hydroxyl groups is 1. The molecule has 0 aromatic heterocycles. The fourth-order valence-electron chi connectivity index (χ4n) is 4.12. The number of carboxylic acid groups (broad SMARTS) is 1. The summed E-state index contributed by atoms with van der Waals surface area (Å²) in [6.45, 7) is 1.88. The van der Waals surface area contributed by atoms with E-state index in [-0.39, 0.29) is 16.9 Å². The van der Waals surface area contributed by atoms with Crippen LogP contribution in [0.25, 0.3) is 33.0 Å². The highest BCUT2D eigenvalue weighted by Gasteiger charge is 2.20. The Morgan fingerprint density at radius 2 is 1.45 bits per heavy atom. The van der Waals surface area contributed by atoms with Gasteiger partial charge in [-0.1, -0.05) is 55.5 Å². The van der Waals surface area contributed by atoms with Crippen LogP contribution in [0.5, 0.6) is 0 Å². The zero-order chi connectivity index (χ0) is 23.7. The number of rotatable bonds is 6. The van der Waals surface area contributed by atoms with Crippen LogP contribution < -0.4 is 0 Å². The van der Waals surface area contributed by atoms with Crippen molar-refractivity contribution in [2.45, 2.75) is 25.9 Å². The van der Waals surface area contributed by atoms with Gasteiger partial charge in [-0.3, -0.25) is 0 Å². The summed E-state index contributed by atoms with van der Waals surface area (Å²) in [4.78, 5) is 12.1. The summed E-state index contributed by atoms with van der Waals surface area (Å²) in [5.74, 6) is -1.41. The fraction of sp³-hybridized carbons (Fsp3) is 0.148. The van der Waals surface area contributed by atoms with Crippen molar-refractivity contribution in [2.24, 2.45) is 0 Å². The Morgan fingerprint density at radius 3 is 2.03 bits per heavy atom. The highest BCUT2D eigenvalue weighted by atomic mass is 19.3. The maximum atomic E-state index is 13.4. The minimum absolute atomic E-state index is 0.0836. The van der Waals surface area contributed by atoms with Gasteiger partial charge in [-0.05, 0) is 74.8 Å². The average molecular weight is 450 g/mol. The lowest BCUT2D eigenvalue weighted by molar-refractivity contribution is -0.00577. The number of carboxylic acids is 1. The van der Waals surface area contributed by atoms with Gasteiger partial charge >= 0.3 is 5.97 Å². The second kappa shape index (κ2) is 9.08. The number of benzene rings is 4. The van der Waals surface area contributed by atoms with Crippen molar-refractivity contribution in [1.82, 2.24) is 0 Å². The van der Waals surface area contributed by atoms with Crippen LogP contribution in [-0.2, 0) is 6.42 Å². The second-order valence-corrected chi connectivity index (χ2v) is 7.78. The first-order valence-electron chi connectivity index (χ1n) is 10.5. The van der Waals surface area contributed by atoms with Crippen LogP contribution in [0.4, 0.5) is 13.2 Å². The van der Waals surface area contributed by atoms with Crippen molar-refractivity contribution < 1.29 is 28.2 Å². The van der Waals surface area contributed by atoms with Crippen molar-refractivity contribution in [2.75, 3.05) is 0 Å². The third-order valence-corrected chi connectivity index (χ3v) is 5.81. The summed E-state index contributed by atoms with van der Waals surface area (Å²) < 4.78 is 39.0. The van der Waals surface area contributed by atoms with Gasteiger partial charge in [-0.25, -0.2) is 18.0 Å². The molecule has 1 unspecified atom stereocenters. The molecule has 0 spiro atoms. The largest absolute Gasteiger partial charge is 0.478 e. The molecular formula is C27H21F3O3. The smallest absolute Gasteiger partial charge is 0.336 e. The molecule has 2 N–H and O–H groups in total. The Balaban J connectivity index is 1.93. The van der Waals surface area contributed by atoms with Gasteiger partial charge in [0, 0.05) is 0 Å². The molecule has 0 radical (unpaired) electrons. The Hall–Kier alpha value is -3.64. The predicted molar refractivity (Wildman–Crippen MR) is 122 cm³/mol. The number of carbonyl (C=O) groups is 1. The Bertz CT molecular complexity index is 1310. The standard InChI is InChI=1S/C27H21F3O3/c1-2-20-23-13-18(15-7-10-19(28)11-8-15)9-12-21(23)22(14-24(20)27(32)33)16-3-5-17(6-4-16)25(31)26(29)30/h3-14,25-26,31H,2H2,1H3,(H,32,33). The van der Waals surface area contributed by atoms with Crippen LogP contribution >= 0.6 is 0 Å². The molecule has 4 aromatic rings. The van der Waals surface area contributed by atoms with Gasteiger partial charge < -0.3 is 10.2 Å². The molecule has 3 nitrogen and oxygen atoms in total. The first kappa shape index (κ1) is 22.6. The van der Waals surface area contributed by atoms with E-state index in [1.807, 2.05) is 25.1 Å². The lowest BCUT2D eigenvalue weighted by Crippen LogP contribution is -2.07. The lowest BCUT2D eigenvalue weighted by atomic mass is 9.88. The van der Waals surface area contributed by atoms with E-state index in [0.717, 1.165) is 21.9 Å². The van der Waals surface area contributed by atoms with E-state index in [4.69, 9.17) is 0 Å². The molecule has 6 heteroatoms. The molecule has 33 heavy (non-hydrogen) atoms. The highest BCUT2D eigenvalue weighted by molar-refractivity contribution is 6.06. The fourth-order valence-corrected chi connectivity index (χ4v) is 4.12. The van der Waals surface area contributed by atoms with Crippen molar-refractivity contribution in [3.63, 3.8) is 0 Å². The molecule has 1 atom stereocenters. The number of fused-ring (bicyclic) bond motifs is 1. The van der Waals surface area contributed by atoms with Crippen LogP contribution in [0.2, 0.25) is 0 Å². The van der Waals surface area contributed by atoms with Gasteiger partial charge in [0.1, 0.15) is 11.9 Å². The van der Waals surface area contributed by atoms with E-state index in [9.17, 15) is 28.2 Å². The molecule has 4 aromatic carbocycles. The molecule has 0 fully saturated rings. The second-order valence-electron chi connectivity index (χ2n) is 7.78. The number of halogens is 3. The highest BCUT2D eigenvalue weighted by Crippen LogP contribution is 2.37. The molecule has 168 valence electrons. The number of aliphatic hydroxyl groups excluding tert-OH is 1. The Kier molecular flexibility index (Phi) is 6.20. The zero-order valence-corrected chi connectivity index (χ0v) is 17.7. The molecule has 0 amide bonds. The number of alkyl halides is 2. The summed E-state index contributed by atoms with van der Waals surface area (Å²) >= 11 is 0. The minimum atomic E-state index is -2.90. The Morgan fingerprint density at radius 1 is 0.848 bits per heavy atom. The van der Waals surface area contributed by atoms with Crippen LogP contribution in [0.1, 0.15) is 34.5 Å². The lowest BCUT2D eigenvalue weighted by Gasteiger charge is -2.16. The van der Waals surface area contributed by atoms with E-state index < -0.39 is 18.5 Å². The summed E-state index contributed by atoms with van der Waals surface area (Å²) in [5.41, 5.74) is 3.82. The van der Waals surface area contributed by atoms with Crippen molar-refractivity contribution in [3.8, 4) is 22.3 Å². The van der Waals surface area contributed by atoms with Gasteiger partial charge in [0.2, 0.25) is 0 Å². The summed E-state index contributed by atoms with van der Waals surface area (Å²) in [6.07, 6.45) is -4.29. The van der Waals surface area contributed by atoms with E-state index >= 15 is 0 Å². The van der Waals surface area contributed by atoms with Crippen LogP contribution in [-0.4, -0.2) is 22.6 Å². The van der Waals surface area contributed by atoms with Gasteiger partial charge in [0.05, 0.1) is 5.56 Å². The van der Waals surface area contributed by atoms with E-state index in [0.29, 0.717) is 23.1 Å². The SMILES string of the molecule is CCc1c(C(=O)O)cc(-c2ccc(C(O)C(F)F)cc2)c2ccc(-c3ccc(F)cc3)cc12. The van der Waals surface area contributed by atoms with E-state index in [1.54, 1.807) is 30.3 Å². The topological polar surface area (TPSA) is 57.5 Å². The maximum Gasteiger partial charge on any atom is 0.336 e. The molecule has 0 aliphatic carbocycles. The van der Waals surface area contributed by atoms with Gasteiger partial charge in [0.25, 0.3) is 6.43 Å². The van der Waals surface area contributed by atoms with Crippen LogP contribution in [0, 0.1) is 5.82 Å². The molecule has 0 bridgehead atoms. The first-order chi connectivity index (χ1) is 15.8. The van der Waals surface area contributed by atoms with Crippen molar-refractivity contribution >= 4 is 16.7 Å². The average Bonchev–Trinajstić information content (AvgIpc) is 2.82. The van der Waals surface area contributed by atoms with E-state index in [1.165, 1.54) is 24.3 Å². The molecule has 0 aliphatic rings. The monoisotopic (exact) mass is 450 g/mol. The molecular weight excluding hydrogens is 429 g/mol. The number of hydrogen-bond donors (Lipinski definition) is 2. The maximum absolute atomic E-state index is 13.4. The van der Waals surface area contributed by atoms with Gasteiger partial charge in [0.15, 0.2) is 0 Å². The van der Waals surface area contributed by atoms with Gasteiger partial charge in [-0.15, -0.1) is 0 Å². The third kappa shape index (κ3) is 4.34. The van der Waals surface area contributed by atoms with Gasteiger partial charge in [-0.2, -0.15) is 0 Å². The Labute approximate surface area is 188 Å². The quantitative estimate of drug-likeness (QED) is 0.337. The normalized spacial score (nSPS) is 12.3.